The first kappa shape index (κ1) is 46.8. The molecule has 2 saturated carbocycles. The molecule has 2 aliphatic carbocycles. The highest BCUT2D eigenvalue weighted by atomic mass is 16.2. The van der Waals surface area contributed by atoms with E-state index in [0.717, 1.165) is 122 Å². The molecule has 6 N–H and O–H groups in total. The molecule has 2 atom stereocenters. The van der Waals surface area contributed by atoms with Crippen molar-refractivity contribution in [2.24, 2.45) is 11.8 Å². The molecule has 10 amide bonds. The van der Waals surface area contributed by atoms with E-state index < -0.39 is 0 Å². The van der Waals surface area contributed by atoms with Crippen molar-refractivity contribution in [1.29, 1.82) is 0 Å². The van der Waals surface area contributed by atoms with Crippen molar-refractivity contribution >= 4 is 35.9 Å². The van der Waals surface area contributed by atoms with E-state index in [2.05, 4.69) is 45.7 Å². The number of hydrogen-bond acceptors (Lipinski definition) is 6. The van der Waals surface area contributed by atoms with Gasteiger partial charge >= 0.3 is 24.1 Å². The number of nitrogens with one attached hydrogen (secondary N) is 6. The zero-order valence-electron chi connectivity index (χ0n) is 34.9. The molecule has 0 aromatic rings. The summed E-state index contributed by atoms with van der Waals surface area (Å²) >= 11 is 0. The molecule has 4 rings (SSSR count). The summed E-state index contributed by atoms with van der Waals surface area (Å²) in [4.78, 5) is 75.5. The Morgan fingerprint density at radius 1 is 0.518 bits per heavy atom. The molecule has 0 spiro atoms. The van der Waals surface area contributed by atoms with Crippen molar-refractivity contribution in [2.45, 2.75) is 180 Å². The number of imide groups is 2. The third-order valence-corrected chi connectivity index (χ3v) is 11.6. The summed E-state index contributed by atoms with van der Waals surface area (Å²) < 4.78 is 0. The normalized spacial score (nSPS) is 23.0. The first-order chi connectivity index (χ1) is 27.2. The van der Waals surface area contributed by atoms with Crippen LogP contribution in [0.1, 0.15) is 168 Å². The zero-order chi connectivity index (χ0) is 40.4. The molecular weight excluding hydrogens is 713 g/mol. The minimum Gasteiger partial charge on any atom is -0.338 e. The lowest BCUT2D eigenvalue weighted by Crippen LogP contribution is -2.51. The summed E-state index contributed by atoms with van der Waals surface area (Å²) in [6, 6.07) is -0.601. The largest absolute Gasteiger partial charge is 0.338 e. The van der Waals surface area contributed by atoms with Crippen molar-refractivity contribution in [1.82, 2.24) is 41.7 Å². The SMILES string of the molecule is CCCCCCNC(=O)NCC1CCCC(CNC(=O)NCCCCCC)C1.O=C1CCCCCN1C(=O)NC1CCC(NC(=O)N2CCCCCC2=O)CC1. The van der Waals surface area contributed by atoms with Gasteiger partial charge in [-0.2, -0.15) is 0 Å². The standard InChI is InChI=1S/C22H44N4O2.C20H32N4O4/c1-3-5-7-9-14-23-21(27)25-17-19-12-11-13-20(16-19)18-26-22(28)24-15-10-8-6-4-2;25-17-7-3-1-5-13-23(17)19(27)21-15-9-11-16(12-10-15)22-20(28)24-14-6-2-4-8-18(24)26/h19-20H,3-18H2,1-2H3,(H2,23,25,27)(H2,24,26,28);15-16H,1-14H2,(H,21,27)(H,22,28). The summed E-state index contributed by atoms with van der Waals surface area (Å²) in [6.07, 6.45) is 23.3. The van der Waals surface area contributed by atoms with Crippen molar-refractivity contribution < 1.29 is 28.8 Å². The molecule has 2 heterocycles. The molecule has 14 nitrogen and oxygen atoms in total. The van der Waals surface area contributed by atoms with Gasteiger partial charge in [0, 0.05) is 64.2 Å². The van der Waals surface area contributed by atoms with Crippen LogP contribution in [0.4, 0.5) is 19.2 Å². The molecular formula is C42H76N8O6. The van der Waals surface area contributed by atoms with Gasteiger partial charge < -0.3 is 31.9 Å². The number of hydrogen-bond donors (Lipinski definition) is 6. The van der Waals surface area contributed by atoms with E-state index in [1.54, 1.807) is 0 Å². The lowest BCUT2D eigenvalue weighted by atomic mass is 9.81. The molecule has 56 heavy (non-hydrogen) atoms. The van der Waals surface area contributed by atoms with Gasteiger partial charge in [0.05, 0.1) is 0 Å². The van der Waals surface area contributed by atoms with Gasteiger partial charge in [0.1, 0.15) is 0 Å². The highest BCUT2D eigenvalue weighted by molar-refractivity contribution is 5.95. The Kier molecular flexibility index (Phi) is 23.3. The molecule has 0 radical (unpaired) electrons. The maximum Gasteiger partial charge on any atom is 0.324 e. The van der Waals surface area contributed by atoms with E-state index in [4.69, 9.17) is 0 Å². The molecule has 2 aliphatic heterocycles. The van der Waals surface area contributed by atoms with Gasteiger partial charge in [0.15, 0.2) is 0 Å². The molecule has 2 saturated heterocycles. The minimum atomic E-state index is -0.283. The van der Waals surface area contributed by atoms with Gasteiger partial charge in [0.2, 0.25) is 11.8 Å². The van der Waals surface area contributed by atoms with E-state index in [9.17, 15) is 28.8 Å². The van der Waals surface area contributed by atoms with Crippen LogP contribution < -0.4 is 31.9 Å². The Hall–Kier alpha value is -3.58. The fourth-order valence-electron chi connectivity index (χ4n) is 8.16. The zero-order valence-corrected chi connectivity index (χ0v) is 34.9. The predicted molar refractivity (Wildman–Crippen MR) is 220 cm³/mol. The number of amides is 10. The van der Waals surface area contributed by atoms with E-state index >= 15 is 0 Å². The predicted octanol–water partition coefficient (Wildman–Crippen LogP) is 7.07. The van der Waals surface area contributed by atoms with Gasteiger partial charge in [-0.25, -0.2) is 19.2 Å². The van der Waals surface area contributed by atoms with E-state index in [0.29, 0.717) is 37.8 Å². The van der Waals surface area contributed by atoms with Gasteiger partial charge in [-0.3, -0.25) is 19.4 Å². The monoisotopic (exact) mass is 789 g/mol. The van der Waals surface area contributed by atoms with Crippen LogP contribution in [0.15, 0.2) is 0 Å². The molecule has 320 valence electrons. The second-order valence-electron chi connectivity index (χ2n) is 16.5. The Morgan fingerprint density at radius 3 is 1.36 bits per heavy atom. The third-order valence-electron chi connectivity index (χ3n) is 11.6. The number of likely N-dealkylation sites (tertiary alicyclic amines) is 2. The van der Waals surface area contributed by atoms with Crippen molar-refractivity contribution in [2.75, 3.05) is 39.3 Å². The fraction of sp³-hybridized carbons (Fsp3) is 0.857. The van der Waals surface area contributed by atoms with Crippen LogP contribution in [0.5, 0.6) is 0 Å². The summed E-state index contributed by atoms with van der Waals surface area (Å²) in [5.74, 6) is 0.864. The minimum absolute atomic E-state index is 0.0246. The highest BCUT2D eigenvalue weighted by Crippen LogP contribution is 2.28. The van der Waals surface area contributed by atoms with Gasteiger partial charge in [-0.15, -0.1) is 0 Å². The Balaban J connectivity index is 0.000000300. The maximum atomic E-state index is 12.4. The van der Waals surface area contributed by atoms with E-state index in [1.807, 2.05) is 0 Å². The second-order valence-corrected chi connectivity index (χ2v) is 16.5. The lowest BCUT2D eigenvalue weighted by Gasteiger charge is -2.32. The summed E-state index contributed by atoms with van der Waals surface area (Å²) in [7, 11) is 0. The average Bonchev–Trinajstić information content (AvgIpc) is 3.56. The summed E-state index contributed by atoms with van der Waals surface area (Å²) in [6.45, 7) is 8.37. The van der Waals surface area contributed by atoms with Crippen LogP contribution >= 0.6 is 0 Å². The molecule has 0 bridgehead atoms. The fourth-order valence-corrected chi connectivity index (χ4v) is 8.16. The molecule has 4 aliphatic rings. The number of rotatable bonds is 16. The number of carbonyl (C=O) groups excluding carboxylic acids is 6. The van der Waals surface area contributed by atoms with Crippen molar-refractivity contribution in [3.63, 3.8) is 0 Å². The van der Waals surface area contributed by atoms with Crippen molar-refractivity contribution in [3.05, 3.63) is 0 Å². The maximum absolute atomic E-state index is 12.4. The van der Waals surface area contributed by atoms with Gasteiger partial charge in [-0.1, -0.05) is 71.6 Å². The third kappa shape index (κ3) is 19.0. The van der Waals surface area contributed by atoms with Crippen LogP contribution in [0.25, 0.3) is 0 Å². The summed E-state index contributed by atoms with van der Waals surface area (Å²) in [5.41, 5.74) is 0. The number of nitrogens with zero attached hydrogens (tertiary/aromatic N) is 2. The number of carbonyl (C=O) groups is 6. The Labute approximate surface area is 336 Å². The highest BCUT2D eigenvalue weighted by Gasteiger charge is 2.30. The molecule has 0 aromatic heterocycles. The lowest BCUT2D eigenvalue weighted by molar-refractivity contribution is -0.128. The summed E-state index contributed by atoms with van der Waals surface area (Å²) in [5, 5.41) is 17.9. The molecule has 0 aromatic carbocycles. The quantitative estimate of drug-likeness (QED) is 0.0910. The van der Waals surface area contributed by atoms with Gasteiger partial charge in [-0.05, 0) is 95.3 Å². The van der Waals surface area contributed by atoms with Gasteiger partial charge in [0.25, 0.3) is 0 Å². The first-order valence-corrected chi connectivity index (χ1v) is 22.4. The topological polar surface area (TPSA) is 181 Å². The van der Waals surface area contributed by atoms with Crippen LogP contribution in [0.2, 0.25) is 0 Å². The molecule has 14 heteroatoms. The second kappa shape index (κ2) is 27.9. The van der Waals surface area contributed by atoms with Crippen LogP contribution in [0, 0.1) is 11.8 Å². The van der Waals surface area contributed by atoms with E-state index in [1.165, 1.54) is 54.7 Å². The van der Waals surface area contributed by atoms with Crippen molar-refractivity contribution in [3.8, 4) is 0 Å². The van der Waals surface area contributed by atoms with E-state index in [-0.39, 0.29) is 48.0 Å². The molecule has 4 fully saturated rings. The Morgan fingerprint density at radius 2 is 0.946 bits per heavy atom. The average molecular weight is 789 g/mol. The smallest absolute Gasteiger partial charge is 0.324 e. The number of urea groups is 4. The van der Waals surface area contributed by atoms with Crippen LogP contribution in [-0.4, -0.2) is 97.1 Å². The molecule has 2 unspecified atom stereocenters. The van der Waals surface area contributed by atoms with Crippen LogP contribution in [0.3, 0.4) is 0 Å². The van der Waals surface area contributed by atoms with Crippen LogP contribution in [-0.2, 0) is 9.59 Å². The first-order valence-electron chi connectivity index (χ1n) is 22.4. The number of unbranched alkanes of at least 4 members (excludes halogenated alkanes) is 6. The Bertz CT molecular complexity index is 1110.